The van der Waals surface area contributed by atoms with Gasteiger partial charge in [0, 0.05) is 26.2 Å². The van der Waals surface area contributed by atoms with E-state index in [1.807, 2.05) is 23.1 Å². The van der Waals surface area contributed by atoms with Gasteiger partial charge in [-0.05, 0) is 35.8 Å². The van der Waals surface area contributed by atoms with Crippen LogP contribution in [0.3, 0.4) is 0 Å². The molecule has 2 aromatic carbocycles. The number of ether oxygens (including phenoxy) is 1. The van der Waals surface area contributed by atoms with Gasteiger partial charge in [-0.15, -0.1) is 0 Å². The van der Waals surface area contributed by atoms with Crippen LogP contribution in [0.15, 0.2) is 69.1 Å². The van der Waals surface area contributed by atoms with Crippen molar-refractivity contribution in [2.45, 2.75) is 16.5 Å². The van der Waals surface area contributed by atoms with Crippen molar-refractivity contribution in [1.82, 2.24) is 14.2 Å². The number of thioether (sulfide) groups is 1. The molecule has 3 aromatic rings. The van der Waals surface area contributed by atoms with Crippen LogP contribution in [0.4, 0.5) is 0 Å². The predicted molar refractivity (Wildman–Crippen MR) is 130 cm³/mol. The first-order valence-electron chi connectivity index (χ1n) is 11.1. The molecule has 0 N–H and O–H groups in total. The maximum absolute atomic E-state index is 12.9. The molecule has 1 aromatic heterocycles. The van der Waals surface area contributed by atoms with Crippen LogP contribution >= 0.6 is 11.8 Å². The van der Waals surface area contributed by atoms with Crippen molar-refractivity contribution in [3.8, 4) is 0 Å². The number of amides is 1. The summed E-state index contributed by atoms with van der Waals surface area (Å²) in [6, 6.07) is 14.9. The summed E-state index contributed by atoms with van der Waals surface area (Å²) >= 11 is 1.22. The molecule has 5 rings (SSSR count). The van der Waals surface area contributed by atoms with Crippen LogP contribution in [0.25, 0.3) is 16.7 Å². The molecular formula is C24H25N3O5S2. The van der Waals surface area contributed by atoms with Gasteiger partial charge in [0.2, 0.25) is 15.9 Å². The second-order valence-electron chi connectivity index (χ2n) is 8.10. The highest BCUT2D eigenvalue weighted by Crippen LogP contribution is 2.28. The number of carbonyl (C=O) groups is 1. The minimum absolute atomic E-state index is 0.0196. The van der Waals surface area contributed by atoms with E-state index >= 15 is 0 Å². The van der Waals surface area contributed by atoms with E-state index in [9.17, 15) is 13.2 Å². The number of carbonyl (C=O) groups excluding carboxylic acids is 1. The molecule has 0 bridgehead atoms. The van der Waals surface area contributed by atoms with E-state index in [4.69, 9.17) is 9.15 Å². The second-order valence-corrected chi connectivity index (χ2v) is 11.0. The molecule has 178 valence electrons. The van der Waals surface area contributed by atoms with Gasteiger partial charge in [0.25, 0.3) is 5.22 Å². The summed E-state index contributed by atoms with van der Waals surface area (Å²) in [5, 5.41) is 0.349. The zero-order valence-corrected chi connectivity index (χ0v) is 20.2. The smallest absolute Gasteiger partial charge is 0.257 e. The molecule has 3 heterocycles. The first kappa shape index (κ1) is 23.1. The number of fused-ring (bicyclic) bond motifs is 1. The van der Waals surface area contributed by atoms with Crippen molar-refractivity contribution in [2.75, 3.05) is 45.1 Å². The van der Waals surface area contributed by atoms with Crippen molar-refractivity contribution in [3.63, 3.8) is 0 Å². The third kappa shape index (κ3) is 4.90. The maximum Gasteiger partial charge on any atom is 0.257 e. The van der Waals surface area contributed by atoms with Crippen LogP contribution in [-0.4, -0.2) is 73.7 Å². The fourth-order valence-corrected chi connectivity index (χ4v) is 6.24. The molecule has 2 aliphatic rings. The van der Waals surface area contributed by atoms with E-state index in [1.165, 1.54) is 39.3 Å². The van der Waals surface area contributed by atoms with Gasteiger partial charge in [0.05, 0.1) is 23.9 Å². The van der Waals surface area contributed by atoms with Crippen molar-refractivity contribution < 1.29 is 22.4 Å². The fourth-order valence-electron chi connectivity index (χ4n) is 4.07. The van der Waals surface area contributed by atoms with Crippen molar-refractivity contribution in [3.05, 3.63) is 60.2 Å². The lowest BCUT2D eigenvalue weighted by Gasteiger charge is -2.26. The summed E-state index contributed by atoms with van der Waals surface area (Å²) in [6.45, 7) is 2.71. The first-order chi connectivity index (χ1) is 16.5. The molecule has 0 radical (unpaired) electrons. The highest BCUT2D eigenvalue weighted by atomic mass is 32.2. The lowest BCUT2D eigenvalue weighted by Crippen LogP contribution is -2.40. The van der Waals surface area contributed by atoms with E-state index in [1.54, 1.807) is 6.07 Å². The molecular weight excluding hydrogens is 474 g/mol. The van der Waals surface area contributed by atoms with Gasteiger partial charge in [-0.2, -0.15) is 4.31 Å². The lowest BCUT2D eigenvalue weighted by atomic mass is 10.00. The fraction of sp³-hybridized carbons (Fsp3) is 0.333. The lowest BCUT2D eigenvalue weighted by molar-refractivity contribution is -0.127. The SMILES string of the molecule is O=C(CSc1nc2cc(S(=O)(=O)N3CCOCC3)ccc2o1)N1CC=C(c2ccccc2)CC1. The summed E-state index contributed by atoms with van der Waals surface area (Å²) in [5.74, 6) is 0.228. The number of hydrogen-bond donors (Lipinski definition) is 0. The van der Waals surface area contributed by atoms with E-state index in [2.05, 4.69) is 23.2 Å². The number of hydrogen-bond acceptors (Lipinski definition) is 7. The van der Waals surface area contributed by atoms with Crippen LogP contribution < -0.4 is 0 Å². The number of rotatable bonds is 6. The summed E-state index contributed by atoms with van der Waals surface area (Å²) in [6.07, 6.45) is 2.93. The average molecular weight is 500 g/mol. The first-order valence-corrected chi connectivity index (χ1v) is 13.6. The van der Waals surface area contributed by atoms with Gasteiger partial charge < -0.3 is 14.1 Å². The highest BCUT2D eigenvalue weighted by molar-refractivity contribution is 7.99. The predicted octanol–water partition coefficient (Wildman–Crippen LogP) is 3.26. The van der Waals surface area contributed by atoms with Crippen LogP contribution in [0, 0.1) is 0 Å². The summed E-state index contributed by atoms with van der Waals surface area (Å²) in [4.78, 5) is 19.1. The number of oxazole rings is 1. The third-order valence-corrected chi connectivity index (χ3v) is 8.68. The summed E-state index contributed by atoms with van der Waals surface area (Å²) < 4.78 is 38.2. The molecule has 0 spiro atoms. The molecule has 2 aliphatic heterocycles. The zero-order valence-electron chi connectivity index (χ0n) is 18.6. The Morgan fingerprint density at radius 1 is 1.06 bits per heavy atom. The van der Waals surface area contributed by atoms with E-state index < -0.39 is 10.0 Å². The van der Waals surface area contributed by atoms with Gasteiger partial charge in [0.15, 0.2) is 5.58 Å². The van der Waals surface area contributed by atoms with Gasteiger partial charge in [-0.1, -0.05) is 48.2 Å². The monoisotopic (exact) mass is 499 g/mol. The molecule has 0 atom stereocenters. The highest BCUT2D eigenvalue weighted by Gasteiger charge is 2.27. The summed E-state index contributed by atoms with van der Waals surface area (Å²) in [5.41, 5.74) is 3.41. The number of benzene rings is 2. The normalized spacial score (nSPS) is 17.6. The van der Waals surface area contributed by atoms with E-state index in [-0.39, 0.29) is 16.6 Å². The Morgan fingerprint density at radius 3 is 2.59 bits per heavy atom. The van der Waals surface area contributed by atoms with Crippen LogP contribution in [0.2, 0.25) is 0 Å². The number of aromatic nitrogens is 1. The molecule has 10 heteroatoms. The Labute approximate surface area is 202 Å². The molecule has 1 fully saturated rings. The Kier molecular flexibility index (Phi) is 6.73. The summed E-state index contributed by atoms with van der Waals surface area (Å²) in [7, 11) is -3.61. The van der Waals surface area contributed by atoms with Gasteiger partial charge in [-0.25, -0.2) is 13.4 Å². The number of nitrogens with zero attached hydrogens (tertiary/aromatic N) is 3. The molecule has 34 heavy (non-hydrogen) atoms. The zero-order chi connectivity index (χ0) is 23.5. The van der Waals surface area contributed by atoms with E-state index in [0.29, 0.717) is 55.7 Å². The maximum atomic E-state index is 12.9. The van der Waals surface area contributed by atoms with Crippen LogP contribution in [-0.2, 0) is 19.6 Å². The minimum atomic E-state index is -3.61. The largest absolute Gasteiger partial charge is 0.431 e. The van der Waals surface area contributed by atoms with Crippen molar-refractivity contribution >= 4 is 44.4 Å². The second kappa shape index (κ2) is 9.91. The average Bonchev–Trinajstić information content (AvgIpc) is 3.31. The van der Waals surface area contributed by atoms with Gasteiger partial charge >= 0.3 is 0 Å². The van der Waals surface area contributed by atoms with Gasteiger partial charge in [0.1, 0.15) is 5.52 Å². The topological polar surface area (TPSA) is 92.9 Å². The molecule has 0 saturated carbocycles. The Balaban J connectivity index is 1.22. The Bertz CT molecular complexity index is 1310. The molecule has 1 saturated heterocycles. The quantitative estimate of drug-likeness (QED) is 0.481. The molecule has 8 nitrogen and oxygen atoms in total. The number of morpholine rings is 1. The van der Waals surface area contributed by atoms with Crippen molar-refractivity contribution in [1.29, 1.82) is 0 Å². The van der Waals surface area contributed by atoms with Crippen molar-refractivity contribution in [2.24, 2.45) is 0 Å². The van der Waals surface area contributed by atoms with Crippen LogP contribution in [0.5, 0.6) is 0 Å². The number of sulfonamides is 1. The molecule has 1 amide bonds. The minimum Gasteiger partial charge on any atom is -0.431 e. The standard InChI is InChI=1S/C24H25N3O5S2/c28-23(26-10-8-19(9-11-26)18-4-2-1-3-5-18)17-33-24-25-21-16-20(6-7-22(21)32-24)34(29,30)27-12-14-31-15-13-27/h1-8,16H,9-15,17H2. The van der Waals surface area contributed by atoms with E-state index in [0.717, 1.165) is 6.42 Å². The molecule has 0 aliphatic carbocycles. The van der Waals surface area contributed by atoms with Crippen LogP contribution in [0.1, 0.15) is 12.0 Å². The molecule has 0 unspecified atom stereocenters. The third-order valence-electron chi connectivity index (χ3n) is 5.97. The Hall–Kier alpha value is -2.66. The Morgan fingerprint density at radius 2 is 1.85 bits per heavy atom. The van der Waals surface area contributed by atoms with Gasteiger partial charge in [-0.3, -0.25) is 4.79 Å².